The second kappa shape index (κ2) is 54.2. The minimum atomic E-state index is -0.764. The van der Waals surface area contributed by atoms with Gasteiger partial charge in [-0.3, -0.25) is 14.4 Å². The van der Waals surface area contributed by atoms with E-state index in [1.54, 1.807) is 0 Å². The molecule has 0 saturated heterocycles. The first kappa shape index (κ1) is 67.4. The van der Waals surface area contributed by atoms with Gasteiger partial charge in [0.1, 0.15) is 13.2 Å². The highest BCUT2D eigenvalue weighted by atomic mass is 16.6. The maximum Gasteiger partial charge on any atom is 0.306 e. The summed E-state index contributed by atoms with van der Waals surface area (Å²) in [7, 11) is 0. The summed E-state index contributed by atoms with van der Waals surface area (Å²) < 4.78 is 16.9. The Labute approximate surface area is 431 Å². The van der Waals surface area contributed by atoms with Crippen molar-refractivity contribution in [3.63, 3.8) is 0 Å². The van der Waals surface area contributed by atoms with Crippen LogP contribution in [0.5, 0.6) is 0 Å². The molecule has 0 heterocycles. The lowest BCUT2D eigenvalue weighted by molar-refractivity contribution is -0.167. The van der Waals surface area contributed by atoms with Crippen molar-refractivity contribution in [2.45, 2.75) is 356 Å². The van der Waals surface area contributed by atoms with E-state index in [2.05, 4.69) is 41.5 Å². The van der Waals surface area contributed by atoms with Crippen molar-refractivity contribution < 1.29 is 28.6 Å². The molecule has 0 amide bonds. The van der Waals surface area contributed by atoms with E-state index in [1.807, 2.05) is 0 Å². The fraction of sp³-hybridized carbons (Fsp3) is 0.952. The predicted octanol–water partition coefficient (Wildman–Crippen LogP) is 20.7. The van der Waals surface area contributed by atoms with Crippen LogP contribution in [0.3, 0.4) is 0 Å². The van der Waals surface area contributed by atoms with E-state index >= 15 is 0 Å². The fourth-order valence-electron chi connectivity index (χ4n) is 9.71. The molecule has 0 N–H and O–H groups in total. The Morgan fingerprint density at radius 2 is 0.420 bits per heavy atom. The van der Waals surface area contributed by atoms with Crippen molar-refractivity contribution in [2.75, 3.05) is 13.2 Å². The van der Waals surface area contributed by atoms with Crippen molar-refractivity contribution in [3.05, 3.63) is 0 Å². The van der Waals surface area contributed by atoms with Crippen LogP contribution in [0.2, 0.25) is 0 Å². The number of rotatable bonds is 56. The Morgan fingerprint density at radius 3 is 0.623 bits per heavy atom. The molecule has 0 aromatic carbocycles. The topological polar surface area (TPSA) is 78.9 Å². The zero-order valence-electron chi connectivity index (χ0n) is 47.6. The van der Waals surface area contributed by atoms with E-state index in [4.69, 9.17) is 14.2 Å². The minimum absolute atomic E-state index is 0.0631. The monoisotopic (exact) mass is 975 g/mol. The molecule has 0 aromatic rings. The lowest BCUT2D eigenvalue weighted by Gasteiger charge is -2.18. The molecule has 69 heavy (non-hydrogen) atoms. The molecule has 0 rings (SSSR count). The van der Waals surface area contributed by atoms with Gasteiger partial charge in [0.05, 0.1) is 0 Å². The summed E-state index contributed by atoms with van der Waals surface area (Å²) in [5.41, 5.74) is 0. The van der Waals surface area contributed by atoms with E-state index in [0.717, 1.165) is 75.5 Å². The standard InChI is InChI=1S/C63H122O6/c1-57(2)49-43-37-31-25-20-16-12-9-7-8-10-14-18-22-28-34-40-46-52-61(64)67-55-60(56-68-62(65)53-47-41-35-30-24-27-33-39-45-51-59(5)6)69-63(66)54-48-42-36-29-23-19-15-11-13-17-21-26-32-38-44-50-58(3)4/h57-60H,7-56H2,1-6H3/t60-/m1/s1. The highest BCUT2D eigenvalue weighted by molar-refractivity contribution is 5.71. The molecule has 0 fully saturated rings. The van der Waals surface area contributed by atoms with Crippen molar-refractivity contribution in [1.29, 1.82) is 0 Å². The summed E-state index contributed by atoms with van der Waals surface area (Å²) in [5, 5.41) is 0. The molecule has 0 aliphatic heterocycles. The third kappa shape index (κ3) is 57.2. The second-order valence-corrected chi connectivity index (χ2v) is 23.1. The van der Waals surface area contributed by atoms with E-state index in [-0.39, 0.29) is 31.1 Å². The largest absolute Gasteiger partial charge is 0.462 e. The molecule has 0 unspecified atom stereocenters. The summed E-state index contributed by atoms with van der Waals surface area (Å²) in [6.07, 6.45) is 58.2. The van der Waals surface area contributed by atoms with Crippen LogP contribution in [0.25, 0.3) is 0 Å². The average molecular weight is 976 g/mol. The van der Waals surface area contributed by atoms with Gasteiger partial charge in [-0.25, -0.2) is 0 Å². The van der Waals surface area contributed by atoms with Gasteiger partial charge in [0.2, 0.25) is 0 Å². The van der Waals surface area contributed by atoms with Gasteiger partial charge in [0, 0.05) is 19.3 Å². The van der Waals surface area contributed by atoms with Crippen LogP contribution in [-0.4, -0.2) is 37.2 Å². The molecule has 6 nitrogen and oxygen atoms in total. The molecule has 0 aliphatic rings. The molecule has 410 valence electrons. The third-order valence-electron chi connectivity index (χ3n) is 14.4. The van der Waals surface area contributed by atoms with Crippen LogP contribution in [0.1, 0.15) is 350 Å². The van der Waals surface area contributed by atoms with E-state index < -0.39 is 6.10 Å². The number of carbonyl (C=O) groups is 3. The summed E-state index contributed by atoms with van der Waals surface area (Å²) in [4.78, 5) is 38.2. The van der Waals surface area contributed by atoms with Gasteiger partial charge >= 0.3 is 17.9 Å². The van der Waals surface area contributed by atoms with Gasteiger partial charge in [-0.2, -0.15) is 0 Å². The third-order valence-corrected chi connectivity index (χ3v) is 14.4. The van der Waals surface area contributed by atoms with Gasteiger partial charge in [0.15, 0.2) is 6.10 Å². The summed E-state index contributed by atoms with van der Waals surface area (Å²) in [5.74, 6) is 1.68. The second-order valence-electron chi connectivity index (χ2n) is 23.1. The van der Waals surface area contributed by atoms with E-state index in [0.29, 0.717) is 19.3 Å². The SMILES string of the molecule is CC(C)CCCCCCCCCCCCCCCCCCCCC(=O)OC[C@H](COC(=O)CCCCCCCCCCCC(C)C)OC(=O)CCCCCCCCCCCCCCCCCC(C)C. The molecule has 0 aliphatic carbocycles. The first-order chi connectivity index (χ1) is 33.6. The highest BCUT2D eigenvalue weighted by Gasteiger charge is 2.19. The number of unbranched alkanes of at least 4 members (excludes halogenated alkanes) is 39. The Bertz CT molecular complexity index is 1070. The van der Waals surface area contributed by atoms with Gasteiger partial charge in [-0.15, -0.1) is 0 Å². The quantitative estimate of drug-likeness (QED) is 0.0343. The Kier molecular flexibility index (Phi) is 52.9. The van der Waals surface area contributed by atoms with Crippen LogP contribution >= 0.6 is 0 Å². The minimum Gasteiger partial charge on any atom is -0.462 e. The zero-order valence-corrected chi connectivity index (χ0v) is 47.6. The molecule has 6 heteroatoms. The van der Waals surface area contributed by atoms with Crippen LogP contribution in [-0.2, 0) is 28.6 Å². The Morgan fingerprint density at radius 1 is 0.246 bits per heavy atom. The molecule has 0 bridgehead atoms. The van der Waals surface area contributed by atoms with Crippen molar-refractivity contribution in [3.8, 4) is 0 Å². The normalized spacial score (nSPS) is 12.1. The van der Waals surface area contributed by atoms with Gasteiger partial charge in [0.25, 0.3) is 0 Å². The van der Waals surface area contributed by atoms with Crippen LogP contribution in [0.15, 0.2) is 0 Å². The molecular weight excluding hydrogens is 853 g/mol. The molecule has 0 radical (unpaired) electrons. The van der Waals surface area contributed by atoms with Crippen LogP contribution in [0.4, 0.5) is 0 Å². The lowest BCUT2D eigenvalue weighted by atomic mass is 10.0. The number of ether oxygens (including phenoxy) is 3. The summed E-state index contributed by atoms with van der Waals surface area (Å²) in [6, 6.07) is 0. The van der Waals surface area contributed by atoms with E-state index in [1.165, 1.54) is 231 Å². The lowest BCUT2D eigenvalue weighted by Crippen LogP contribution is -2.30. The molecule has 0 aromatic heterocycles. The fourth-order valence-corrected chi connectivity index (χ4v) is 9.71. The van der Waals surface area contributed by atoms with Crippen LogP contribution in [0, 0.1) is 17.8 Å². The number of esters is 3. The number of hydrogen-bond donors (Lipinski definition) is 0. The molecule has 1 atom stereocenters. The molecular formula is C63H122O6. The Balaban J connectivity index is 4.24. The predicted molar refractivity (Wildman–Crippen MR) is 298 cm³/mol. The first-order valence-corrected chi connectivity index (χ1v) is 31.1. The Hall–Kier alpha value is -1.59. The molecule has 0 saturated carbocycles. The highest BCUT2D eigenvalue weighted by Crippen LogP contribution is 2.19. The van der Waals surface area contributed by atoms with Crippen molar-refractivity contribution in [1.82, 2.24) is 0 Å². The molecule has 0 spiro atoms. The van der Waals surface area contributed by atoms with Gasteiger partial charge in [-0.05, 0) is 37.0 Å². The van der Waals surface area contributed by atoms with Gasteiger partial charge in [-0.1, -0.05) is 311 Å². The smallest absolute Gasteiger partial charge is 0.306 e. The maximum atomic E-state index is 12.9. The number of hydrogen-bond acceptors (Lipinski definition) is 6. The summed E-state index contributed by atoms with van der Waals surface area (Å²) >= 11 is 0. The van der Waals surface area contributed by atoms with Crippen molar-refractivity contribution >= 4 is 17.9 Å². The maximum absolute atomic E-state index is 12.9. The van der Waals surface area contributed by atoms with Crippen molar-refractivity contribution in [2.24, 2.45) is 17.8 Å². The van der Waals surface area contributed by atoms with Gasteiger partial charge < -0.3 is 14.2 Å². The first-order valence-electron chi connectivity index (χ1n) is 31.1. The zero-order chi connectivity index (χ0) is 50.5. The number of carbonyl (C=O) groups excluding carboxylic acids is 3. The van der Waals surface area contributed by atoms with Crippen LogP contribution < -0.4 is 0 Å². The average Bonchev–Trinajstić information content (AvgIpc) is 3.31. The summed E-state index contributed by atoms with van der Waals surface area (Å²) in [6.45, 7) is 13.8. The van der Waals surface area contributed by atoms with E-state index in [9.17, 15) is 14.4 Å².